The summed E-state index contributed by atoms with van der Waals surface area (Å²) in [6.07, 6.45) is 4.67. The molecule has 21 heavy (non-hydrogen) atoms. The molecule has 0 aliphatic heterocycles. The van der Waals surface area contributed by atoms with E-state index in [2.05, 4.69) is 53.6 Å². The Morgan fingerprint density at radius 2 is 1.95 bits per heavy atom. The Hall–Kier alpha value is -1.87. The summed E-state index contributed by atoms with van der Waals surface area (Å²) in [6, 6.07) is 12.7. The van der Waals surface area contributed by atoms with Gasteiger partial charge in [0.2, 0.25) is 0 Å². The molecule has 0 aliphatic rings. The number of ether oxygens (including phenoxy) is 1. The van der Waals surface area contributed by atoms with Gasteiger partial charge in [-0.3, -0.25) is 4.98 Å². The van der Waals surface area contributed by atoms with E-state index < -0.39 is 0 Å². The first kappa shape index (κ1) is 15.5. The van der Waals surface area contributed by atoms with Gasteiger partial charge in [-0.2, -0.15) is 0 Å². The van der Waals surface area contributed by atoms with E-state index in [9.17, 15) is 0 Å². The third-order valence-electron chi connectivity index (χ3n) is 3.47. The SMILES string of the molecule is CCNCC(Cc1cncc(OCC)c1)c1ccccc1. The monoisotopic (exact) mass is 284 g/mol. The van der Waals surface area contributed by atoms with Crippen LogP contribution in [0.25, 0.3) is 0 Å². The van der Waals surface area contributed by atoms with Crippen LogP contribution in [0.3, 0.4) is 0 Å². The first-order valence-corrected chi connectivity index (χ1v) is 7.65. The number of nitrogens with zero attached hydrogens (tertiary/aromatic N) is 1. The average Bonchev–Trinajstić information content (AvgIpc) is 2.53. The average molecular weight is 284 g/mol. The fourth-order valence-corrected chi connectivity index (χ4v) is 2.46. The van der Waals surface area contributed by atoms with Gasteiger partial charge in [0, 0.05) is 18.7 Å². The maximum atomic E-state index is 5.54. The highest BCUT2D eigenvalue weighted by atomic mass is 16.5. The van der Waals surface area contributed by atoms with E-state index in [0.717, 1.165) is 25.3 Å². The van der Waals surface area contributed by atoms with Gasteiger partial charge in [0.25, 0.3) is 0 Å². The number of aromatic nitrogens is 1. The van der Waals surface area contributed by atoms with E-state index in [0.29, 0.717) is 12.5 Å². The van der Waals surface area contributed by atoms with Crippen molar-refractivity contribution in [1.29, 1.82) is 0 Å². The van der Waals surface area contributed by atoms with Crippen molar-refractivity contribution in [1.82, 2.24) is 10.3 Å². The minimum Gasteiger partial charge on any atom is -0.492 e. The predicted molar refractivity (Wildman–Crippen MR) is 86.8 cm³/mol. The summed E-state index contributed by atoms with van der Waals surface area (Å²) in [5.41, 5.74) is 2.58. The van der Waals surface area contributed by atoms with Crippen LogP contribution in [0.4, 0.5) is 0 Å². The van der Waals surface area contributed by atoms with Crippen molar-refractivity contribution in [3.63, 3.8) is 0 Å². The first-order valence-electron chi connectivity index (χ1n) is 7.65. The van der Waals surface area contributed by atoms with Gasteiger partial charge in [-0.25, -0.2) is 0 Å². The molecule has 0 fully saturated rings. The molecule has 0 amide bonds. The summed E-state index contributed by atoms with van der Waals surface area (Å²) < 4.78 is 5.54. The number of hydrogen-bond donors (Lipinski definition) is 1. The van der Waals surface area contributed by atoms with Gasteiger partial charge in [-0.1, -0.05) is 37.3 Å². The number of nitrogens with one attached hydrogen (secondary N) is 1. The van der Waals surface area contributed by atoms with Gasteiger partial charge in [0.1, 0.15) is 5.75 Å². The van der Waals surface area contributed by atoms with Crippen molar-refractivity contribution in [2.45, 2.75) is 26.2 Å². The Morgan fingerprint density at radius 1 is 1.14 bits per heavy atom. The van der Waals surface area contributed by atoms with Crippen LogP contribution in [0, 0.1) is 0 Å². The predicted octanol–water partition coefficient (Wildman–Crippen LogP) is 3.42. The molecule has 0 radical (unpaired) electrons. The van der Waals surface area contributed by atoms with Crippen molar-refractivity contribution in [3.05, 3.63) is 59.9 Å². The summed E-state index contributed by atoms with van der Waals surface area (Å²) in [5.74, 6) is 1.30. The summed E-state index contributed by atoms with van der Waals surface area (Å²) in [4.78, 5) is 4.28. The van der Waals surface area contributed by atoms with Crippen LogP contribution in [0.2, 0.25) is 0 Å². The molecule has 0 bridgehead atoms. The highest BCUT2D eigenvalue weighted by molar-refractivity contribution is 5.27. The van der Waals surface area contributed by atoms with E-state index in [4.69, 9.17) is 4.74 Å². The summed E-state index contributed by atoms with van der Waals surface area (Å²) in [7, 11) is 0. The molecule has 0 spiro atoms. The first-order chi connectivity index (χ1) is 10.3. The molecule has 2 rings (SSSR count). The van der Waals surface area contributed by atoms with Crippen LogP contribution in [0.5, 0.6) is 5.75 Å². The van der Waals surface area contributed by atoms with Crippen LogP contribution in [-0.4, -0.2) is 24.7 Å². The van der Waals surface area contributed by atoms with Gasteiger partial charge in [0.05, 0.1) is 12.8 Å². The normalized spacial score (nSPS) is 12.1. The Labute approximate surface area is 127 Å². The molecule has 1 N–H and O–H groups in total. The number of benzene rings is 1. The smallest absolute Gasteiger partial charge is 0.137 e. The van der Waals surface area contributed by atoms with Crippen molar-refractivity contribution in [2.24, 2.45) is 0 Å². The molecule has 1 heterocycles. The number of hydrogen-bond acceptors (Lipinski definition) is 3. The summed E-state index contributed by atoms with van der Waals surface area (Å²) in [5, 5.41) is 3.46. The molecule has 1 aromatic carbocycles. The van der Waals surface area contributed by atoms with Crippen LogP contribution >= 0.6 is 0 Å². The van der Waals surface area contributed by atoms with Gasteiger partial charge < -0.3 is 10.1 Å². The van der Waals surface area contributed by atoms with Gasteiger partial charge in [0.15, 0.2) is 0 Å². The van der Waals surface area contributed by atoms with Crippen molar-refractivity contribution in [3.8, 4) is 5.75 Å². The fourth-order valence-electron chi connectivity index (χ4n) is 2.46. The highest BCUT2D eigenvalue weighted by Crippen LogP contribution is 2.22. The molecule has 1 atom stereocenters. The van der Waals surface area contributed by atoms with Crippen LogP contribution in [0.1, 0.15) is 30.9 Å². The lowest BCUT2D eigenvalue weighted by Crippen LogP contribution is -2.22. The minimum absolute atomic E-state index is 0.449. The highest BCUT2D eigenvalue weighted by Gasteiger charge is 2.12. The molecule has 112 valence electrons. The lowest BCUT2D eigenvalue weighted by molar-refractivity contribution is 0.338. The second-order valence-electron chi connectivity index (χ2n) is 5.08. The van der Waals surface area contributed by atoms with Gasteiger partial charge in [-0.05, 0) is 37.1 Å². The lowest BCUT2D eigenvalue weighted by Gasteiger charge is -2.18. The third-order valence-corrected chi connectivity index (χ3v) is 3.47. The van der Waals surface area contributed by atoms with Gasteiger partial charge >= 0.3 is 0 Å². The largest absolute Gasteiger partial charge is 0.492 e. The zero-order chi connectivity index (χ0) is 14.9. The number of rotatable bonds is 8. The third kappa shape index (κ3) is 4.87. The van der Waals surface area contributed by atoms with E-state index in [1.54, 1.807) is 6.20 Å². The molecule has 0 saturated carbocycles. The molecular formula is C18H24N2O. The molecule has 2 aromatic rings. The Balaban J connectivity index is 2.12. The molecule has 0 aliphatic carbocycles. The second kappa shape index (κ2) is 8.42. The van der Waals surface area contributed by atoms with E-state index in [1.807, 2.05) is 13.1 Å². The van der Waals surface area contributed by atoms with E-state index >= 15 is 0 Å². The standard InChI is InChI=1S/C18H24N2O/c1-3-19-13-17(16-8-6-5-7-9-16)10-15-11-18(21-4-2)14-20-12-15/h5-9,11-12,14,17,19H,3-4,10,13H2,1-2H3. The Kier molecular flexibility index (Phi) is 6.22. The summed E-state index contributed by atoms with van der Waals surface area (Å²) >= 11 is 0. The lowest BCUT2D eigenvalue weighted by atomic mass is 9.92. The second-order valence-corrected chi connectivity index (χ2v) is 5.08. The quantitative estimate of drug-likeness (QED) is 0.806. The topological polar surface area (TPSA) is 34.2 Å². The number of likely N-dealkylation sites (N-methyl/N-ethyl adjacent to an activating group) is 1. The Morgan fingerprint density at radius 3 is 2.67 bits per heavy atom. The zero-order valence-electron chi connectivity index (χ0n) is 12.9. The summed E-state index contributed by atoms with van der Waals surface area (Å²) in [6.45, 7) is 6.76. The zero-order valence-corrected chi connectivity index (χ0v) is 12.9. The van der Waals surface area contributed by atoms with Crippen molar-refractivity contribution >= 4 is 0 Å². The number of pyridine rings is 1. The van der Waals surface area contributed by atoms with Crippen LogP contribution < -0.4 is 10.1 Å². The van der Waals surface area contributed by atoms with E-state index in [-0.39, 0.29) is 0 Å². The molecule has 1 unspecified atom stereocenters. The minimum atomic E-state index is 0.449. The van der Waals surface area contributed by atoms with Crippen LogP contribution in [0.15, 0.2) is 48.8 Å². The van der Waals surface area contributed by atoms with Crippen molar-refractivity contribution in [2.75, 3.05) is 19.7 Å². The van der Waals surface area contributed by atoms with Crippen LogP contribution in [-0.2, 0) is 6.42 Å². The van der Waals surface area contributed by atoms with E-state index in [1.165, 1.54) is 11.1 Å². The fraction of sp³-hybridized carbons (Fsp3) is 0.389. The maximum absolute atomic E-state index is 5.54. The Bertz CT molecular complexity index is 528. The maximum Gasteiger partial charge on any atom is 0.137 e. The molecule has 3 nitrogen and oxygen atoms in total. The molecule has 3 heteroatoms. The molecule has 0 saturated heterocycles. The molecular weight excluding hydrogens is 260 g/mol. The van der Waals surface area contributed by atoms with Crippen molar-refractivity contribution < 1.29 is 4.74 Å². The molecule has 1 aromatic heterocycles. The van der Waals surface area contributed by atoms with Gasteiger partial charge in [-0.15, -0.1) is 0 Å².